The molecule has 0 saturated heterocycles. The summed E-state index contributed by atoms with van der Waals surface area (Å²) in [6.07, 6.45) is 4.34. The Morgan fingerprint density at radius 2 is 2.29 bits per heavy atom. The van der Waals surface area contributed by atoms with E-state index in [0.29, 0.717) is 10.8 Å². The van der Waals surface area contributed by atoms with Crippen LogP contribution in [-0.4, -0.2) is 34.7 Å². The molecule has 1 aliphatic carbocycles. The molecule has 0 spiro atoms. The van der Waals surface area contributed by atoms with E-state index >= 15 is 0 Å². The second kappa shape index (κ2) is 7.04. The SMILES string of the molecule is CCC1CCc2sc(C(=O)N[C@H](CCO)C(=O)O)cc2C1. The van der Waals surface area contributed by atoms with Crippen LogP contribution in [0.2, 0.25) is 0 Å². The lowest BCUT2D eigenvalue weighted by Crippen LogP contribution is -2.41. The number of fused-ring (bicyclic) bond motifs is 1. The Labute approximate surface area is 128 Å². The van der Waals surface area contributed by atoms with E-state index in [4.69, 9.17) is 10.2 Å². The summed E-state index contributed by atoms with van der Waals surface area (Å²) in [6, 6.07) is 0.861. The summed E-state index contributed by atoms with van der Waals surface area (Å²) < 4.78 is 0. The first-order valence-electron chi connectivity index (χ1n) is 7.31. The van der Waals surface area contributed by atoms with E-state index in [2.05, 4.69) is 12.2 Å². The van der Waals surface area contributed by atoms with Crippen molar-refractivity contribution in [2.45, 2.75) is 45.1 Å². The van der Waals surface area contributed by atoms with Gasteiger partial charge in [-0.05, 0) is 36.8 Å². The molecule has 0 radical (unpaired) electrons. The van der Waals surface area contributed by atoms with Gasteiger partial charge in [0.1, 0.15) is 6.04 Å². The van der Waals surface area contributed by atoms with Crippen molar-refractivity contribution in [2.75, 3.05) is 6.61 Å². The number of carbonyl (C=O) groups is 2. The lowest BCUT2D eigenvalue weighted by atomic mass is 9.87. The van der Waals surface area contributed by atoms with Gasteiger partial charge in [0.25, 0.3) is 5.91 Å². The lowest BCUT2D eigenvalue weighted by molar-refractivity contribution is -0.139. The Morgan fingerprint density at radius 1 is 1.52 bits per heavy atom. The third-order valence-electron chi connectivity index (χ3n) is 4.01. The maximum Gasteiger partial charge on any atom is 0.326 e. The summed E-state index contributed by atoms with van der Waals surface area (Å²) in [5, 5.41) is 20.3. The van der Waals surface area contributed by atoms with Crippen LogP contribution in [0.15, 0.2) is 6.07 Å². The molecule has 6 heteroatoms. The number of nitrogens with one attached hydrogen (secondary N) is 1. The Kier molecular flexibility index (Phi) is 5.36. The minimum absolute atomic E-state index is 0.0179. The van der Waals surface area contributed by atoms with Crippen molar-refractivity contribution in [1.29, 1.82) is 0 Å². The van der Waals surface area contributed by atoms with Crippen LogP contribution in [0.25, 0.3) is 0 Å². The Morgan fingerprint density at radius 3 is 2.90 bits per heavy atom. The van der Waals surface area contributed by atoms with E-state index in [-0.39, 0.29) is 18.9 Å². The first-order valence-corrected chi connectivity index (χ1v) is 8.12. The van der Waals surface area contributed by atoms with Crippen LogP contribution in [0.4, 0.5) is 0 Å². The predicted molar refractivity (Wildman–Crippen MR) is 80.7 cm³/mol. The Hall–Kier alpha value is -1.40. The van der Waals surface area contributed by atoms with Gasteiger partial charge in [0.2, 0.25) is 0 Å². The zero-order valence-corrected chi connectivity index (χ0v) is 12.9. The molecule has 5 nitrogen and oxygen atoms in total. The molecule has 1 amide bonds. The van der Waals surface area contributed by atoms with Crippen molar-refractivity contribution in [1.82, 2.24) is 5.32 Å². The van der Waals surface area contributed by atoms with Gasteiger partial charge in [-0.3, -0.25) is 4.79 Å². The van der Waals surface area contributed by atoms with Crippen molar-refractivity contribution in [2.24, 2.45) is 5.92 Å². The molecule has 21 heavy (non-hydrogen) atoms. The smallest absolute Gasteiger partial charge is 0.326 e. The largest absolute Gasteiger partial charge is 0.480 e. The molecule has 0 aromatic carbocycles. The normalized spacial score (nSPS) is 18.9. The molecule has 2 rings (SSSR count). The average molecular weight is 311 g/mol. The van der Waals surface area contributed by atoms with Gasteiger partial charge >= 0.3 is 5.97 Å². The van der Waals surface area contributed by atoms with Gasteiger partial charge in [-0.15, -0.1) is 11.3 Å². The summed E-state index contributed by atoms with van der Waals surface area (Å²) in [5.41, 5.74) is 1.23. The highest BCUT2D eigenvalue weighted by Gasteiger charge is 2.24. The zero-order chi connectivity index (χ0) is 15.4. The van der Waals surface area contributed by atoms with E-state index in [1.54, 1.807) is 0 Å². The number of carboxylic acid groups (broad SMARTS) is 1. The lowest BCUT2D eigenvalue weighted by Gasteiger charge is -2.19. The second-order valence-corrected chi connectivity index (χ2v) is 6.59. The Bertz CT molecular complexity index is 526. The summed E-state index contributed by atoms with van der Waals surface area (Å²) >= 11 is 1.46. The van der Waals surface area contributed by atoms with Crippen LogP contribution >= 0.6 is 11.3 Å². The molecule has 0 aliphatic heterocycles. The average Bonchev–Trinajstić information content (AvgIpc) is 2.89. The topological polar surface area (TPSA) is 86.6 Å². The number of hydrogen-bond acceptors (Lipinski definition) is 4. The van der Waals surface area contributed by atoms with Crippen LogP contribution in [0.5, 0.6) is 0 Å². The van der Waals surface area contributed by atoms with Crippen LogP contribution < -0.4 is 5.32 Å². The molecule has 3 N–H and O–H groups in total. The zero-order valence-electron chi connectivity index (χ0n) is 12.1. The number of thiophene rings is 1. The number of amides is 1. The number of carbonyl (C=O) groups excluding carboxylic acids is 1. The van der Waals surface area contributed by atoms with Gasteiger partial charge in [-0.1, -0.05) is 13.3 Å². The molecule has 1 unspecified atom stereocenters. The quantitative estimate of drug-likeness (QED) is 0.748. The fraction of sp³-hybridized carbons (Fsp3) is 0.600. The van der Waals surface area contributed by atoms with Crippen molar-refractivity contribution >= 4 is 23.2 Å². The standard InChI is InChI=1S/C15H21NO4S/c1-2-9-3-4-12-10(7-9)8-13(21-12)14(18)16-11(5-6-17)15(19)20/h8-9,11,17H,2-7H2,1H3,(H,16,18)(H,19,20)/t9?,11-/m1/s1. The van der Waals surface area contributed by atoms with Crippen LogP contribution in [0.3, 0.4) is 0 Å². The fourth-order valence-electron chi connectivity index (χ4n) is 2.68. The first-order chi connectivity index (χ1) is 10.0. The molecule has 0 fully saturated rings. The number of aliphatic carboxylic acids is 1. The van der Waals surface area contributed by atoms with Gasteiger partial charge in [-0.25, -0.2) is 4.79 Å². The van der Waals surface area contributed by atoms with E-state index in [1.165, 1.54) is 21.8 Å². The minimum atomic E-state index is -1.12. The van der Waals surface area contributed by atoms with Gasteiger partial charge in [0, 0.05) is 17.9 Å². The summed E-state index contributed by atoms with van der Waals surface area (Å²) in [5.74, 6) is -0.794. The molecule has 1 heterocycles. The number of aliphatic hydroxyl groups excluding tert-OH is 1. The summed E-state index contributed by atoms with van der Waals surface area (Å²) in [7, 11) is 0. The predicted octanol–water partition coefficient (Wildman–Crippen LogP) is 1.83. The minimum Gasteiger partial charge on any atom is -0.480 e. The highest BCUT2D eigenvalue weighted by Crippen LogP contribution is 2.33. The first kappa shape index (κ1) is 16.0. The highest BCUT2D eigenvalue weighted by molar-refractivity contribution is 7.14. The van der Waals surface area contributed by atoms with Crippen LogP contribution in [0.1, 0.15) is 46.3 Å². The maximum atomic E-state index is 12.2. The second-order valence-electron chi connectivity index (χ2n) is 5.45. The van der Waals surface area contributed by atoms with E-state index in [1.807, 2.05) is 6.07 Å². The number of hydrogen-bond donors (Lipinski definition) is 3. The number of rotatable bonds is 6. The van der Waals surface area contributed by atoms with Gasteiger partial charge < -0.3 is 15.5 Å². The monoisotopic (exact) mass is 311 g/mol. The molecule has 1 aromatic heterocycles. The third kappa shape index (κ3) is 3.83. The van der Waals surface area contributed by atoms with Crippen molar-refractivity contribution in [3.63, 3.8) is 0 Å². The molecule has 2 atom stereocenters. The maximum absolute atomic E-state index is 12.2. The van der Waals surface area contributed by atoms with Gasteiger partial charge in [0.05, 0.1) is 4.88 Å². The molecular weight excluding hydrogens is 290 g/mol. The highest BCUT2D eigenvalue weighted by atomic mass is 32.1. The van der Waals surface area contributed by atoms with Gasteiger partial charge in [-0.2, -0.15) is 0 Å². The van der Waals surface area contributed by atoms with E-state index in [0.717, 1.165) is 25.7 Å². The van der Waals surface area contributed by atoms with Crippen molar-refractivity contribution in [3.8, 4) is 0 Å². The van der Waals surface area contributed by atoms with Crippen LogP contribution in [0, 0.1) is 5.92 Å². The van der Waals surface area contributed by atoms with Crippen LogP contribution in [-0.2, 0) is 17.6 Å². The van der Waals surface area contributed by atoms with E-state index < -0.39 is 12.0 Å². The molecule has 116 valence electrons. The number of aryl methyl sites for hydroxylation is 1. The van der Waals surface area contributed by atoms with Crippen molar-refractivity contribution in [3.05, 3.63) is 21.4 Å². The number of carboxylic acids is 1. The summed E-state index contributed by atoms with van der Waals surface area (Å²) in [6.45, 7) is 1.92. The fourth-order valence-corrected chi connectivity index (χ4v) is 3.79. The molecule has 0 bridgehead atoms. The molecule has 1 aliphatic rings. The number of aliphatic hydroxyl groups is 1. The van der Waals surface area contributed by atoms with Crippen molar-refractivity contribution < 1.29 is 19.8 Å². The Balaban J connectivity index is 2.07. The third-order valence-corrected chi connectivity index (χ3v) is 5.24. The summed E-state index contributed by atoms with van der Waals surface area (Å²) in [4.78, 5) is 25.0. The van der Waals surface area contributed by atoms with E-state index in [9.17, 15) is 9.59 Å². The van der Waals surface area contributed by atoms with Gasteiger partial charge in [0.15, 0.2) is 0 Å². The molecule has 1 aromatic rings. The molecule has 0 saturated carbocycles. The molecular formula is C15H21NO4S.